The standard InChI is InChI=1S/C17H14N4O6S/c1-10-13(4-3-5-14(10)21(23)24)15(22)18-17-20-19-16(27-17)11-6-8-12(9-7-11)28(2,25)26/h3-9H,1-2H3,(H,18,20,22). The number of rotatable bonds is 5. The molecule has 0 unspecified atom stereocenters. The van der Waals surface area contributed by atoms with E-state index in [9.17, 15) is 23.3 Å². The van der Waals surface area contributed by atoms with E-state index in [2.05, 4.69) is 15.5 Å². The summed E-state index contributed by atoms with van der Waals surface area (Å²) in [6.07, 6.45) is 1.10. The normalized spacial score (nSPS) is 11.2. The van der Waals surface area contributed by atoms with E-state index < -0.39 is 20.7 Å². The van der Waals surface area contributed by atoms with Gasteiger partial charge in [-0.1, -0.05) is 11.2 Å². The molecule has 0 spiro atoms. The molecule has 0 saturated heterocycles. The Morgan fingerprint density at radius 2 is 1.82 bits per heavy atom. The highest BCUT2D eigenvalue weighted by Gasteiger charge is 2.20. The summed E-state index contributed by atoms with van der Waals surface area (Å²) < 4.78 is 28.4. The van der Waals surface area contributed by atoms with Crippen LogP contribution in [-0.2, 0) is 9.84 Å². The van der Waals surface area contributed by atoms with Gasteiger partial charge >= 0.3 is 6.01 Å². The summed E-state index contributed by atoms with van der Waals surface area (Å²) in [5.74, 6) is -0.560. The highest BCUT2D eigenvalue weighted by Crippen LogP contribution is 2.24. The van der Waals surface area contributed by atoms with Gasteiger partial charge in [0, 0.05) is 29.0 Å². The first kappa shape index (κ1) is 19.2. The van der Waals surface area contributed by atoms with Gasteiger partial charge in [0.25, 0.3) is 11.6 Å². The molecule has 0 aliphatic heterocycles. The topological polar surface area (TPSA) is 145 Å². The zero-order chi connectivity index (χ0) is 20.5. The monoisotopic (exact) mass is 402 g/mol. The highest BCUT2D eigenvalue weighted by atomic mass is 32.2. The third-order valence-electron chi connectivity index (χ3n) is 3.92. The Morgan fingerprint density at radius 3 is 2.43 bits per heavy atom. The fourth-order valence-corrected chi connectivity index (χ4v) is 3.10. The number of amides is 1. The molecule has 10 nitrogen and oxygen atoms in total. The minimum absolute atomic E-state index is 0.0751. The summed E-state index contributed by atoms with van der Waals surface area (Å²) in [4.78, 5) is 23.0. The number of carbonyl (C=O) groups is 1. The molecule has 0 saturated carbocycles. The molecule has 0 radical (unpaired) electrons. The predicted molar refractivity (Wildman–Crippen MR) is 98.6 cm³/mol. The number of benzene rings is 2. The first-order chi connectivity index (χ1) is 13.2. The molecule has 0 aliphatic rings. The van der Waals surface area contributed by atoms with Crippen LogP contribution in [0.5, 0.6) is 0 Å². The predicted octanol–water partition coefficient (Wildman–Crippen LogP) is 2.61. The molecule has 144 valence electrons. The average molecular weight is 402 g/mol. The lowest BCUT2D eigenvalue weighted by atomic mass is 10.1. The third kappa shape index (κ3) is 3.88. The lowest BCUT2D eigenvalue weighted by Crippen LogP contribution is -2.14. The van der Waals surface area contributed by atoms with Crippen LogP contribution in [0.1, 0.15) is 15.9 Å². The largest absolute Gasteiger partial charge is 0.403 e. The minimum Gasteiger partial charge on any atom is -0.403 e. The SMILES string of the molecule is Cc1c(C(=O)Nc2nnc(-c3ccc(S(C)(=O)=O)cc3)o2)cccc1[N+](=O)[O-]. The maximum absolute atomic E-state index is 12.4. The molecule has 0 bridgehead atoms. The number of anilines is 1. The van der Waals surface area contributed by atoms with Crippen LogP contribution in [-0.4, -0.2) is 35.7 Å². The van der Waals surface area contributed by atoms with Crippen molar-refractivity contribution in [3.8, 4) is 11.5 Å². The van der Waals surface area contributed by atoms with Crippen LogP contribution in [0, 0.1) is 17.0 Å². The zero-order valence-electron chi connectivity index (χ0n) is 14.7. The van der Waals surface area contributed by atoms with E-state index in [1.807, 2.05) is 0 Å². The van der Waals surface area contributed by atoms with Gasteiger partial charge in [0.05, 0.1) is 9.82 Å². The number of sulfone groups is 1. The lowest BCUT2D eigenvalue weighted by Gasteiger charge is -2.05. The van der Waals surface area contributed by atoms with E-state index in [4.69, 9.17) is 4.42 Å². The number of nitrogens with one attached hydrogen (secondary N) is 1. The number of nitro groups is 1. The molecule has 2 aromatic carbocycles. The Balaban J connectivity index is 1.81. The molecular weight excluding hydrogens is 388 g/mol. The van der Waals surface area contributed by atoms with E-state index in [0.717, 1.165) is 6.26 Å². The molecule has 11 heteroatoms. The van der Waals surface area contributed by atoms with Crippen LogP contribution in [0.25, 0.3) is 11.5 Å². The summed E-state index contributed by atoms with van der Waals surface area (Å²) in [5.41, 5.74) is 0.601. The van der Waals surface area contributed by atoms with Crippen molar-refractivity contribution < 1.29 is 22.6 Å². The van der Waals surface area contributed by atoms with Crippen LogP contribution < -0.4 is 5.32 Å². The van der Waals surface area contributed by atoms with Crippen molar-refractivity contribution >= 4 is 27.4 Å². The quantitative estimate of drug-likeness (QED) is 0.506. The Kier molecular flexibility index (Phi) is 4.92. The first-order valence-electron chi connectivity index (χ1n) is 7.86. The van der Waals surface area contributed by atoms with Crippen LogP contribution in [0.3, 0.4) is 0 Å². The minimum atomic E-state index is -3.33. The summed E-state index contributed by atoms with van der Waals surface area (Å²) in [6, 6.07) is 9.76. The van der Waals surface area contributed by atoms with Gasteiger partial charge in [0.15, 0.2) is 9.84 Å². The van der Waals surface area contributed by atoms with Crippen molar-refractivity contribution in [1.82, 2.24) is 10.2 Å². The van der Waals surface area contributed by atoms with E-state index >= 15 is 0 Å². The van der Waals surface area contributed by atoms with Gasteiger partial charge < -0.3 is 4.42 Å². The second-order valence-corrected chi connectivity index (χ2v) is 7.89. The molecule has 28 heavy (non-hydrogen) atoms. The summed E-state index contributed by atoms with van der Waals surface area (Å²) in [6.45, 7) is 1.47. The van der Waals surface area contributed by atoms with Gasteiger partial charge in [-0.05, 0) is 37.3 Å². The van der Waals surface area contributed by atoms with Gasteiger partial charge in [0.2, 0.25) is 5.89 Å². The summed E-state index contributed by atoms with van der Waals surface area (Å²) in [7, 11) is -3.33. The molecule has 3 rings (SSSR count). The molecule has 0 aliphatic carbocycles. The van der Waals surface area contributed by atoms with Crippen LogP contribution in [0.4, 0.5) is 11.7 Å². The highest BCUT2D eigenvalue weighted by molar-refractivity contribution is 7.90. The van der Waals surface area contributed by atoms with Crippen molar-refractivity contribution in [3.05, 3.63) is 63.7 Å². The number of nitro benzene ring substituents is 1. The molecule has 1 amide bonds. The van der Waals surface area contributed by atoms with Gasteiger partial charge in [-0.2, -0.15) is 0 Å². The molecule has 1 heterocycles. The van der Waals surface area contributed by atoms with Crippen molar-refractivity contribution in [1.29, 1.82) is 0 Å². The number of nitrogens with zero attached hydrogens (tertiary/aromatic N) is 3. The Hall–Kier alpha value is -3.60. The number of carbonyl (C=O) groups excluding carboxylic acids is 1. The van der Waals surface area contributed by atoms with Crippen molar-refractivity contribution in [2.45, 2.75) is 11.8 Å². The Labute approximate surface area is 159 Å². The maximum Gasteiger partial charge on any atom is 0.322 e. The third-order valence-corrected chi connectivity index (χ3v) is 5.05. The van der Waals surface area contributed by atoms with Gasteiger partial charge in [-0.25, -0.2) is 8.42 Å². The maximum atomic E-state index is 12.4. The van der Waals surface area contributed by atoms with E-state index in [1.54, 1.807) is 0 Å². The van der Waals surface area contributed by atoms with Gasteiger partial charge in [-0.15, -0.1) is 5.10 Å². The fraction of sp³-hybridized carbons (Fsp3) is 0.118. The average Bonchev–Trinajstić information content (AvgIpc) is 3.09. The van der Waals surface area contributed by atoms with E-state index in [0.29, 0.717) is 5.56 Å². The summed E-state index contributed by atoms with van der Waals surface area (Å²) in [5, 5.41) is 20.9. The first-order valence-corrected chi connectivity index (χ1v) is 9.75. The molecule has 1 N–H and O–H groups in total. The van der Waals surface area contributed by atoms with Crippen molar-refractivity contribution in [2.24, 2.45) is 0 Å². The van der Waals surface area contributed by atoms with Gasteiger partial charge in [-0.3, -0.25) is 20.2 Å². The molecule has 3 aromatic rings. The Morgan fingerprint density at radius 1 is 1.14 bits per heavy atom. The zero-order valence-corrected chi connectivity index (χ0v) is 15.6. The smallest absolute Gasteiger partial charge is 0.322 e. The van der Waals surface area contributed by atoms with Crippen LogP contribution in [0.15, 0.2) is 51.8 Å². The van der Waals surface area contributed by atoms with Crippen molar-refractivity contribution in [2.75, 3.05) is 11.6 Å². The summed E-state index contributed by atoms with van der Waals surface area (Å²) >= 11 is 0. The number of hydrogen-bond acceptors (Lipinski definition) is 8. The number of aromatic nitrogens is 2. The molecule has 0 fully saturated rings. The van der Waals surface area contributed by atoms with E-state index in [1.165, 1.54) is 49.4 Å². The van der Waals surface area contributed by atoms with Crippen LogP contribution >= 0.6 is 0 Å². The second-order valence-electron chi connectivity index (χ2n) is 5.87. The van der Waals surface area contributed by atoms with E-state index in [-0.39, 0.29) is 33.6 Å². The molecule has 1 aromatic heterocycles. The lowest BCUT2D eigenvalue weighted by molar-refractivity contribution is -0.385. The number of hydrogen-bond donors (Lipinski definition) is 1. The Bertz CT molecular complexity index is 1170. The second kappa shape index (κ2) is 7.19. The van der Waals surface area contributed by atoms with Gasteiger partial charge in [0.1, 0.15) is 0 Å². The fourth-order valence-electron chi connectivity index (χ4n) is 2.47. The van der Waals surface area contributed by atoms with Crippen molar-refractivity contribution in [3.63, 3.8) is 0 Å². The molecular formula is C17H14N4O6S. The van der Waals surface area contributed by atoms with Crippen LogP contribution in [0.2, 0.25) is 0 Å². The molecule has 0 atom stereocenters.